The van der Waals surface area contributed by atoms with E-state index < -0.39 is 5.97 Å². The van der Waals surface area contributed by atoms with Gasteiger partial charge in [-0.15, -0.1) is 11.3 Å². The first kappa shape index (κ1) is 20.1. The van der Waals surface area contributed by atoms with Crippen molar-refractivity contribution in [3.63, 3.8) is 0 Å². The van der Waals surface area contributed by atoms with Gasteiger partial charge in [0.15, 0.2) is 6.61 Å². The van der Waals surface area contributed by atoms with Crippen molar-refractivity contribution in [2.45, 2.75) is 12.8 Å². The Bertz CT molecular complexity index is 997. The molecule has 0 radical (unpaired) electrons. The van der Waals surface area contributed by atoms with Crippen molar-refractivity contribution in [2.75, 3.05) is 13.2 Å². The topological polar surface area (TPSA) is 55.4 Å². The van der Waals surface area contributed by atoms with Crippen molar-refractivity contribution in [3.05, 3.63) is 76.1 Å². The predicted octanol–water partition coefficient (Wildman–Crippen LogP) is 5.03. The molecule has 0 aliphatic rings. The lowest BCUT2D eigenvalue weighted by Crippen LogP contribution is -2.31. The fourth-order valence-corrected chi connectivity index (χ4v) is 4.08. The molecule has 1 heterocycles. The monoisotopic (exact) mass is 413 g/mol. The summed E-state index contributed by atoms with van der Waals surface area (Å²) in [4.78, 5) is 24.6. The summed E-state index contributed by atoms with van der Waals surface area (Å²) in [6.45, 7) is 2.19. The fourth-order valence-electron chi connectivity index (χ4n) is 2.69. The number of carbonyl (C=O) groups excluding carboxylic acids is 2. The van der Waals surface area contributed by atoms with Crippen LogP contribution in [0.15, 0.2) is 60.7 Å². The first-order valence-corrected chi connectivity index (χ1v) is 10.1. The lowest BCUT2D eigenvalue weighted by molar-refractivity contribution is -0.143. The molecule has 28 heavy (non-hydrogen) atoms. The number of esters is 1. The van der Waals surface area contributed by atoms with Crippen molar-refractivity contribution < 1.29 is 14.3 Å². The van der Waals surface area contributed by atoms with Gasteiger partial charge in [-0.05, 0) is 23.6 Å². The Labute approximate surface area is 172 Å². The number of halogens is 1. The number of fused-ring (bicyclic) bond motifs is 1. The molecule has 6 heteroatoms. The fraction of sp³-hybridized carbons (Fsp3) is 0.182. The van der Waals surface area contributed by atoms with E-state index in [-0.39, 0.29) is 18.4 Å². The quantitative estimate of drug-likeness (QED) is 0.436. The summed E-state index contributed by atoms with van der Waals surface area (Å²) in [5, 5.41) is 4.34. The Kier molecular flexibility index (Phi) is 6.85. The van der Waals surface area contributed by atoms with E-state index in [1.165, 1.54) is 17.4 Å². The van der Waals surface area contributed by atoms with Gasteiger partial charge >= 0.3 is 5.97 Å². The van der Waals surface area contributed by atoms with E-state index in [0.717, 1.165) is 20.5 Å². The van der Waals surface area contributed by atoms with Crippen LogP contribution in [0.4, 0.5) is 0 Å². The third-order valence-electron chi connectivity index (χ3n) is 4.25. The third-order valence-corrected chi connectivity index (χ3v) is 5.91. The number of carbonyl (C=O) groups is 2. The zero-order valence-corrected chi connectivity index (χ0v) is 16.9. The normalized spacial score (nSPS) is 12.2. The second-order valence-corrected chi connectivity index (χ2v) is 7.80. The maximum absolute atomic E-state index is 11.9. The van der Waals surface area contributed by atoms with Crippen LogP contribution in [-0.4, -0.2) is 25.0 Å². The third kappa shape index (κ3) is 5.21. The molecule has 0 unspecified atom stereocenters. The molecule has 0 saturated heterocycles. The molecule has 3 rings (SSSR count). The molecule has 0 spiro atoms. The Morgan fingerprint density at radius 2 is 1.86 bits per heavy atom. The Balaban J connectivity index is 1.46. The summed E-state index contributed by atoms with van der Waals surface area (Å²) in [6, 6.07) is 17.7. The summed E-state index contributed by atoms with van der Waals surface area (Å²) < 4.78 is 6.05. The van der Waals surface area contributed by atoms with E-state index in [9.17, 15) is 9.59 Å². The number of nitrogens with one attached hydrogen (secondary N) is 1. The van der Waals surface area contributed by atoms with Crippen molar-refractivity contribution >= 4 is 51.0 Å². The molecule has 0 saturated carbocycles. The minimum atomic E-state index is -0.584. The van der Waals surface area contributed by atoms with Gasteiger partial charge < -0.3 is 10.1 Å². The van der Waals surface area contributed by atoms with E-state index in [2.05, 4.69) is 5.32 Å². The molecule has 3 aromatic rings. The molecule has 1 amide bonds. The smallest absolute Gasteiger partial charge is 0.331 e. The van der Waals surface area contributed by atoms with Crippen LogP contribution in [0.5, 0.6) is 0 Å². The van der Waals surface area contributed by atoms with Crippen LogP contribution >= 0.6 is 22.9 Å². The average molecular weight is 414 g/mol. The van der Waals surface area contributed by atoms with Gasteiger partial charge in [-0.25, -0.2) is 4.79 Å². The Morgan fingerprint density at radius 1 is 1.14 bits per heavy atom. The van der Waals surface area contributed by atoms with Gasteiger partial charge in [0.25, 0.3) is 5.91 Å². The number of hydrogen-bond donors (Lipinski definition) is 1. The standard InChI is InChI=1S/C22H20ClNO3S/c1-15(16-7-3-2-4-8-16)13-24-20(25)14-27-21(26)12-11-19-22(23)17-9-5-6-10-18(17)28-19/h2-12,15H,13-14H2,1H3,(H,24,25)/b12-11+/t15-/m0/s1. The van der Waals surface area contributed by atoms with Crippen molar-refractivity contribution in [1.82, 2.24) is 5.32 Å². The second kappa shape index (κ2) is 9.53. The summed E-state index contributed by atoms with van der Waals surface area (Å²) in [5.74, 6) is -0.736. The van der Waals surface area contributed by atoms with E-state index >= 15 is 0 Å². The molecule has 0 fully saturated rings. The highest BCUT2D eigenvalue weighted by Crippen LogP contribution is 2.35. The van der Waals surface area contributed by atoms with E-state index in [1.54, 1.807) is 6.08 Å². The molecule has 0 bridgehead atoms. The predicted molar refractivity (Wildman–Crippen MR) is 115 cm³/mol. The van der Waals surface area contributed by atoms with Crippen molar-refractivity contribution in [1.29, 1.82) is 0 Å². The van der Waals surface area contributed by atoms with Gasteiger partial charge in [0.2, 0.25) is 0 Å². The minimum absolute atomic E-state index is 0.177. The second-order valence-electron chi connectivity index (χ2n) is 6.33. The number of thiophene rings is 1. The highest BCUT2D eigenvalue weighted by atomic mass is 35.5. The molecule has 4 nitrogen and oxygen atoms in total. The summed E-state index contributed by atoms with van der Waals surface area (Å²) in [7, 11) is 0. The maximum Gasteiger partial charge on any atom is 0.331 e. The molecule has 1 N–H and O–H groups in total. The lowest BCUT2D eigenvalue weighted by Gasteiger charge is -2.12. The summed E-state index contributed by atoms with van der Waals surface area (Å²) >= 11 is 7.83. The van der Waals surface area contributed by atoms with Crippen LogP contribution in [0.25, 0.3) is 16.2 Å². The molecule has 2 aromatic carbocycles. The average Bonchev–Trinajstić information content (AvgIpc) is 3.05. The van der Waals surface area contributed by atoms with E-state index in [1.807, 2.05) is 61.5 Å². The Hall–Kier alpha value is -2.63. The van der Waals surface area contributed by atoms with Gasteiger partial charge in [-0.2, -0.15) is 0 Å². The van der Waals surface area contributed by atoms with Gasteiger partial charge in [-0.1, -0.05) is 67.1 Å². The van der Waals surface area contributed by atoms with Crippen molar-refractivity contribution in [2.24, 2.45) is 0 Å². The van der Waals surface area contributed by atoms with Gasteiger partial charge in [0, 0.05) is 27.6 Å². The minimum Gasteiger partial charge on any atom is -0.452 e. The molecule has 0 aliphatic carbocycles. The highest BCUT2D eigenvalue weighted by molar-refractivity contribution is 7.20. The number of benzene rings is 2. The summed E-state index contributed by atoms with van der Waals surface area (Å²) in [5.41, 5.74) is 1.14. The Morgan fingerprint density at radius 3 is 2.61 bits per heavy atom. The number of hydrogen-bond acceptors (Lipinski definition) is 4. The molecule has 144 valence electrons. The number of amides is 1. The largest absolute Gasteiger partial charge is 0.452 e. The maximum atomic E-state index is 11.9. The van der Waals surface area contributed by atoms with E-state index in [4.69, 9.17) is 16.3 Å². The van der Waals surface area contributed by atoms with E-state index in [0.29, 0.717) is 11.6 Å². The molecular formula is C22H20ClNO3S. The van der Waals surface area contributed by atoms with Gasteiger partial charge in [0.05, 0.1) is 5.02 Å². The molecule has 1 aromatic heterocycles. The zero-order valence-electron chi connectivity index (χ0n) is 15.4. The van der Waals surface area contributed by atoms with Crippen LogP contribution in [0.3, 0.4) is 0 Å². The van der Waals surface area contributed by atoms with Crippen LogP contribution in [-0.2, 0) is 14.3 Å². The first-order valence-electron chi connectivity index (χ1n) is 8.88. The number of ether oxygens (including phenoxy) is 1. The lowest BCUT2D eigenvalue weighted by atomic mass is 10.0. The van der Waals surface area contributed by atoms with Gasteiger partial charge in [-0.3, -0.25) is 4.79 Å². The summed E-state index contributed by atoms with van der Waals surface area (Å²) in [6.07, 6.45) is 2.90. The van der Waals surface area contributed by atoms with Crippen molar-refractivity contribution in [3.8, 4) is 0 Å². The van der Waals surface area contributed by atoms with Crippen LogP contribution in [0.2, 0.25) is 5.02 Å². The SMILES string of the molecule is C[C@@H](CNC(=O)COC(=O)/C=C/c1sc2ccccc2c1Cl)c1ccccc1. The zero-order chi connectivity index (χ0) is 19.9. The number of rotatable bonds is 7. The van der Waals surface area contributed by atoms with Gasteiger partial charge in [0.1, 0.15) is 0 Å². The highest BCUT2D eigenvalue weighted by Gasteiger charge is 2.10. The van der Waals surface area contributed by atoms with Crippen LogP contribution < -0.4 is 5.32 Å². The van der Waals surface area contributed by atoms with Crippen LogP contribution in [0.1, 0.15) is 23.3 Å². The van der Waals surface area contributed by atoms with Crippen LogP contribution in [0, 0.1) is 0 Å². The molecular weight excluding hydrogens is 394 g/mol. The first-order chi connectivity index (χ1) is 13.5. The molecule has 1 atom stereocenters. The molecule has 0 aliphatic heterocycles.